The third kappa shape index (κ3) is 4.64. The molecule has 1 aromatic heterocycles. The lowest BCUT2D eigenvalue weighted by Gasteiger charge is -2.33. The smallest absolute Gasteiger partial charge is 0.257 e. The molecule has 1 aromatic carbocycles. The van der Waals surface area contributed by atoms with Gasteiger partial charge in [0.25, 0.3) is 5.91 Å². The summed E-state index contributed by atoms with van der Waals surface area (Å²) in [5.41, 5.74) is 2.59. The molecule has 2 aromatic rings. The van der Waals surface area contributed by atoms with Gasteiger partial charge < -0.3 is 15.1 Å². The molecule has 0 bridgehead atoms. The second-order valence-electron chi connectivity index (χ2n) is 7.81. The summed E-state index contributed by atoms with van der Waals surface area (Å²) in [6.45, 7) is 9.36. The fraction of sp³-hybridized carbons (Fsp3) is 0.381. The number of carbonyl (C=O) groups excluding carboxylic acids is 2. The van der Waals surface area contributed by atoms with E-state index in [0.29, 0.717) is 18.7 Å². The molecular weight excluding hydrogens is 340 g/mol. The first kappa shape index (κ1) is 18.9. The van der Waals surface area contributed by atoms with Gasteiger partial charge in [0.2, 0.25) is 6.41 Å². The molecule has 1 aliphatic heterocycles. The monoisotopic (exact) mass is 366 g/mol. The van der Waals surface area contributed by atoms with Crippen LogP contribution < -0.4 is 10.2 Å². The highest BCUT2D eigenvalue weighted by Gasteiger charge is 2.17. The standard InChI is InChI=1S/C21H26N4O2/c1-21(2,3)17-5-7-18(8-6-17)23-20(27)16-4-9-19(22-14-16)25-12-10-24(15-26)11-13-25/h4-9,14-15H,10-13H2,1-3H3,(H,23,27). The van der Waals surface area contributed by atoms with Gasteiger partial charge in [0, 0.05) is 38.1 Å². The predicted octanol–water partition coefficient (Wildman–Crippen LogP) is 2.91. The van der Waals surface area contributed by atoms with Crippen LogP contribution in [0.3, 0.4) is 0 Å². The van der Waals surface area contributed by atoms with Crippen molar-refractivity contribution < 1.29 is 9.59 Å². The number of benzene rings is 1. The van der Waals surface area contributed by atoms with E-state index < -0.39 is 0 Å². The van der Waals surface area contributed by atoms with Gasteiger partial charge >= 0.3 is 0 Å². The van der Waals surface area contributed by atoms with Crippen LogP contribution in [-0.2, 0) is 10.2 Å². The van der Waals surface area contributed by atoms with Crippen LogP contribution >= 0.6 is 0 Å². The molecule has 1 saturated heterocycles. The van der Waals surface area contributed by atoms with E-state index in [1.807, 2.05) is 30.3 Å². The van der Waals surface area contributed by atoms with Crippen molar-refractivity contribution in [2.45, 2.75) is 26.2 Å². The summed E-state index contributed by atoms with van der Waals surface area (Å²) in [4.78, 5) is 31.5. The van der Waals surface area contributed by atoms with Gasteiger partial charge in [-0.25, -0.2) is 4.98 Å². The van der Waals surface area contributed by atoms with Crippen LogP contribution in [0.4, 0.5) is 11.5 Å². The van der Waals surface area contributed by atoms with Gasteiger partial charge in [-0.2, -0.15) is 0 Å². The largest absolute Gasteiger partial charge is 0.353 e. The summed E-state index contributed by atoms with van der Waals surface area (Å²) in [6, 6.07) is 11.6. The highest BCUT2D eigenvalue weighted by Crippen LogP contribution is 2.23. The Labute approximate surface area is 160 Å². The van der Waals surface area contributed by atoms with Gasteiger partial charge in [-0.3, -0.25) is 9.59 Å². The number of nitrogens with zero attached hydrogens (tertiary/aromatic N) is 3. The molecule has 6 heteroatoms. The number of piperazine rings is 1. The van der Waals surface area contributed by atoms with Crippen molar-refractivity contribution in [1.29, 1.82) is 0 Å². The van der Waals surface area contributed by atoms with Crippen LogP contribution in [0.25, 0.3) is 0 Å². The minimum Gasteiger partial charge on any atom is -0.353 e. The van der Waals surface area contributed by atoms with Gasteiger partial charge in [-0.15, -0.1) is 0 Å². The van der Waals surface area contributed by atoms with E-state index in [1.54, 1.807) is 17.2 Å². The second kappa shape index (κ2) is 7.78. The number of nitrogens with one attached hydrogen (secondary N) is 1. The number of anilines is 2. The van der Waals surface area contributed by atoms with E-state index in [9.17, 15) is 9.59 Å². The lowest BCUT2D eigenvalue weighted by molar-refractivity contribution is -0.118. The highest BCUT2D eigenvalue weighted by molar-refractivity contribution is 6.04. The molecule has 1 aliphatic rings. The van der Waals surface area contributed by atoms with E-state index in [2.05, 4.69) is 36.0 Å². The number of hydrogen-bond donors (Lipinski definition) is 1. The van der Waals surface area contributed by atoms with E-state index in [-0.39, 0.29) is 11.3 Å². The van der Waals surface area contributed by atoms with Crippen molar-refractivity contribution >= 4 is 23.8 Å². The maximum Gasteiger partial charge on any atom is 0.257 e. The molecule has 6 nitrogen and oxygen atoms in total. The summed E-state index contributed by atoms with van der Waals surface area (Å²) in [6.07, 6.45) is 2.48. The molecule has 142 valence electrons. The Hall–Kier alpha value is -2.89. The Morgan fingerprint density at radius 3 is 2.22 bits per heavy atom. The van der Waals surface area contributed by atoms with Gasteiger partial charge in [0.1, 0.15) is 5.82 Å². The minimum absolute atomic E-state index is 0.0828. The normalized spacial score (nSPS) is 14.8. The quantitative estimate of drug-likeness (QED) is 0.845. The lowest BCUT2D eigenvalue weighted by atomic mass is 9.87. The van der Waals surface area contributed by atoms with Crippen LogP contribution in [-0.4, -0.2) is 48.4 Å². The molecule has 0 unspecified atom stereocenters. The van der Waals surface area contributed by atoms with Gasteiger partial charge in [-0.1, -0.05) is 32.9 Å². The molecule has 1 fully saturated rings. The molecule has 0 saturated carbocycles. The Morgan fingerprint density at radius 2 is 1.70 bits per heavy atom. The molecule has 0 spiro atoms. The van der Waals surface area contributed by atoms with Crippen molar-refractivity contribution in [1.82, 2.24) is 9.88 Å². The molecule has 0 atom stereocenters. The first-order valence-corrected chi connectivity index (χ1v) is 9.19. The average Bonchev–Trinajstić information content (AvgIpc) is 2.68. The van der Waals surface area contributed by atoms with E-state index in [0.717, 1.165) is 31.0 Å². The van der Waals surface area contributed by atoms with Gasteiger partial charge in [0.05, 0.1) is 5.56 Å². The molecule has 27 heavy (non-hydrogen) atoms. The molecule has 2 amide bonds. The third-order valence-electron chi connectivity index (χ3n) is 4.81. The first-order chi connectivity index (χ1) is 12.9. The summed E-state index contributed by atoms with van der Waals surface area (Å²) >= 11 is 0. The zero-order valence-electron chi connectivity index (χ0n) is 16.1. The van der Waals surface area contributed by atoms with Crippen LogP contribution in [0.15, 0.2) is 42.6 Å². The molecule has 1 N–H and O–H groups in total. The topological polar surface area (TPSA) is 65.5 Å². The summed E-state index contributed by atoms with van der Waals surface area (Å²) in [5.74, 6) is 0.648. The summed E-state index contributed by atoms with van der Waals surface area (Å²) in [5, 5.41) is 2.91. The van der Waals surface area contributed by atoms with E-state index >= 15 is 0 Å². The van der Waals surface area contributed by atoms with Crippen molar-refractivity contribution in [3.05, 3.63) is 53.7 Å². The number of amides is 2. The second-order valence-corrected chi connectivity index (χ2v) is 7.81. The Kier molecular flexibility index (Phi) is 5.44. The average molecular weight is 366 g/mol. The molecule has 0 radical (unpaired) electrons. The van der Waals surface area contributed by atoms with Gasteiger partial charge in [-0.05, 0) is 35.2 Å². The number of rotatable bonds is 4. The molecule has 3 rings (SSSR count). The van der Waals surface area contributed by atoms with E-state index in [1.165, 1.54) is 5.56 Å². The SMILES string of the molecule is CC(C)(C)c1ccc(NC(=O)c2ccc(N3CCN(C=O)CC3)nc2)cc1. The maximum absolute atomic E-state index is 12.5. The third-order valence-corrected chi connectivity index (χ3v) is 4.81. The highest BCUT2D eigenvalue weighted by atomic mass is 16.1. The first-order valence-electron chi connectivity index (χ1n) is 9.19. The number of pyridine rings is 1. The van der Waals surface area contributed by atoms with Gasteiger partial charge in [0.15, 0.2) is 0 Å². The van der Waals surface area contributed by atoms with Crippen molar-refractivity contribution in [3.8, 4) is 0 Å². The summed E-state index contributed by atoms with van der Waals surface area (Å²) in [7, 11) is 0. The number of hydrogen-bond acceptors (Lipinski definition) is 4. The lowest BCUT2D eigenvalue weighted by Crippen LogP contribution is -2.46. The fourth-order valence-corrected chi connectivity index (χ4v) is 3.02. The molecular formula is C21H26N4O2. The van der Waals surface area contributed by atoms with Crippen LogP contribution in [0.1, 0.15) is 36.7 Å². The zero-order chi connectivity index (χ0) is 19.4. The Morgan fingerprint density at radius 1 is 1.04 bits per heavy atom. The van der Waals surface area contributed by atoms with E-state index in [4.69, 9.17) is 0 Å². The zero-order valence-corrected chi connectivity index (χ0v) is 16.1. The predicted molar refractivity (Wildman–Crippen MR) is 107 cm³/mol. The number of aromatic nitrogens is 1. The van der Waals surface area contributed by atoms with Crippen molar-refractivity contribution in [3.63, 3.8) is 0 Å². The Bertz CT molecular complexity index is 786. The minimum atomic E-state index is -0.177. The Balaban J connectivity index is 1.61. The van der Waals surface area contributed by atoms with Crippen LogP contribution in [0.5, 0.6) is 0 Å². The molecule has 0 aliphatic carbocycles. The molecule has 2 heterocycles. The van der Waals surface area contributed by atoms with Crippen molar-refractivity contribution in [2.24, 2.45) is 0 Å². The number of carbonyl (C=O) groups is 2. The van der Waals surface area contributed by atoms with Crippen LogP contribution in [0.2, 0.25) is 0 Å². The summed E-state index contributed by atoms with van der Waals surface area (Å²) < 4.78 is 0. The fourth-order valence-electron chi connectivity index (χ4n) is 3.02. The van der Waals surface area contributed by atoms with Crippen molar-refractivity contribution in [2.75, 3.05) is 36.4 Å². The van der Waals surface area contributed by atoms with Crippen LogP contribution in [0, 0.1) is 0 Å². The maximum atomic E-state index is 12.5.